The monoisotopic (exact) mass is 320 g/mol. The first-order valence-electron chi connectivity index (χ1n) is 7.91. The summed E-state index contributed by atoms with van der Waals surface area (Å²) in [7, 11) is 1.61. The van der Waals surface area contributed by atoms with Crippen LogP contribution in [0.5, 0.6) is 0 Å². The standard InChI is InChI=1S/C17H24N2O4/c1-3-9-19(10-11-22-2)17(21)16-15(18-14(20)12-23-16)13-7-5-4-6-8-13/h4-8,15-16H,3,9-12H2,1-2H3,(H,18,20)/t15-,16+/m1/s1. The number of amides is 2. The number of nitrogens with zero attached hydrogens (tertiary/aromatic N) is 1. The lowest BCUT2D eigenvalue weighted by Gasteiger charge is -2.35. The summed E-state index contributed by atoms with van der Waals surface area (Å²) in [6, 6.07) is 8.97. The zero-order chi connectivity index (χ0) is 16.7. The summed E-state index contributed by atoms with van der Waals surface area (Å²) in [4.78, 5) is 26.3. The van der Waals surface area contributed by atoms with Gasteiger partial charge in [0.1, 0.15) is 6.61 Å². The Kier molecular flexibility index (Phi) is 6.55. The van der Waals surface area contributed by atoms with Gasteiger partial charge in [0.05, 0.1) is 12.6 Å². The number of benzene rings is 1. The third-order valence-corrected chi connectivity index (χ3v) is 3.79. The second-order valence-corrected chi connectivity index (χ2v) is 5.51. The summed E-state index contributed by atoms with van der Waals surface area (Å²) in [5.41, 5.74) is 0.863. The molecule has 0 spiro atoms. The molecule has 126 valence electrons. The van der Waals surface area contributed by atoms with Gasteiger partial charge in [0, 0.05) is 20.2 Å². The van der Waals surface area contributed by atoms with Crippen LogP contribution in [0, 0.1) is 0 Å². The molecular formula is C17H24N2O4. The Bertz CT molecular complexity index is 521. The Balaban J connectivity index is 2.18. The van der Waals surface area contributed by atoms with E-state index in [0.29, 0.717) is 19.7 Å². The van der Waals surface area contributed by atoms with E-state index in [1.54, 1.807) is 12.0 Å². The van der Waals surface area contributed by atoms with Crippen molar-refractivity contribution in [1.82, 2.24) is 10.2 Å². The number of methoxy groups -OCH3 is 1. The molecule has 1 aliphatic heterocycles. The van der Waals surface area contributed by atoms with E-state index in [2.05, 4.69) is 5.32 Å². The first-order chi connectivity index (χ1) is 11.2. The summed E-state index contributed by atoms with van der Waals surface area (Å²) in [6.07, 6.45) is 0.142. The topological polar surface area (TPSA) is 67.9 Å². The third kappa shape index (κ3) is 4.53. The minimum absolute atomic E-state index is 0.0933. The van der Waals surface area contributed by atoms with Crippen LogP contribution in [0.4, 0.5) is 0 Å². The second-order valence-electron chi connectivity index (χ2n) is 5.51. The molecule has 1 N–H and O–H groups in total. The van der Waals surface area contributed by atoms with Crippen molar-refractivity contribution in [3.8, 4) is 0 Å². The van der Waals surface area contributed by atoms with Crippen molar-refractivity contribution in [3.63, 3.8) is 0 Å². The molecule has 0 bridgehead atoms. The van der Waals surface area contributed by atoms with Crippen molar-refractivity contribution < 1.29 is 19.1 Å². The van der Waals surface area contributed by atoms with E-state index < -0.39 is 12.1 Å². The molecule has 0 aromatic heterocycles. The molecule has 1 saturated heterocycles. The second kappa shape index (κ2) is 8.64. The average molecular weight is 320 g/mol. The van der Waals surface area contributed by atoms with Gasteiger partial charge >= 0.3 is 0 Å². The Morgan fingerprint density at radius 1 is 1.35 bits per heavy atom. The highest BCUT2D eigenvalue weighted by molar-refractivity contribution is 5.86. The van der Waals surface area contributed by atoms with Gasteiger partial charge in [-0.25, -0.2) is 0 Å². The maximum atomic E-state index is 12.9. The molecule has 1 fully saturated rings. The van der Waals surface area contributed by atoms with Gasteiger partial charge in [0.2, 0.25) is 5.91 Å². The molecule has 1 aromatic rings. The highest BCUT2D eigenvalue weighted by Gasteiger charge is 2.38. The van der Waals surface area contributed by atoms with E-state index in [0.717, 1.165) is 12.0 Å². The fourth-order valence-electron chi connectivity index (χ4n) is 2.67. The smallest absolute Gasteiger partial charge is 0.254 e. The Hall–Kier alpha value is -1.92. The molecule has 0 saturated carbocycles. The van der Waals surface area contributed by atoms with Crippen LogP contribution in [0.2, 0.25) is 0 Å². The van der Waals surface area contributed by atoms with Crippen LogP contribution in [0.25, 0.3) is 0 Å². The van der Waals surface area contributed by atoms with E-state index in [1.807, 2.05) is 37.3 Å². The number of hydrogen-bond acceptors (Lipinski definition) is 4. The lowest BCUT2D eigenvalue weighted by Crippen LogP contribution is -2.54. The van der Waals surface area contributed by atoms with E-state index in [9.17, 15) is 9.59 Å². The molecule has 2 atom stereocenters. The zero-order valence-electron chi connectivity index (χ0n) is 13.7. The van der Waals surface area contributed by atoms with Crippen LogP contribution in [-0.2, 0) is 19.1 Å². The van der Waals surface area contributed by atoms with Crippen molar-refractivity contribution in [2.45, 2.75) is 25.5 Å². The number of morpholine rings is 1. The van der Waals surface area contributed by atoms with Crippen LogP contribution in [0.3, 0.4) is 0 Å². The summed E-state index contributed by atoms with van der Waals surface area (Å²) < 4.78 is 10.7. The largest absolute Gasteiger partial charge is 0.383 e. The highest BCUT2D eigenvalue weighted by atomic mass is 16.5. The molecule has 2 rings (SSSR count). The van der Waals surface area contributed by atoms with Crippen LogP contribution < -0.4 is 5.32 Å². The molecule has 2 amide bonds. The molecule has 23 heavy (non-hydrogen) atoms. The van der Waals surface area contributed by atoms with E-state index in [-0.39, 0.29) is 18.4 Å². The fraction of sp³-hybridized carbons (Fsp3) is 0.529. The molecule has 0 unspecified atom stereocenters. The summed E-state index contributed by atoms with van der Waals surface area (Å²) in [6.45, 7) is 3.55. The van der Waals surface area contributed by atoms with Crippen LogP contribution in [0.15, 0.2) is 30.3 Å². The molecule has 0 radical (unpaired) electrons. The van der Waals surface area contributed by atoms with Crippen molar-refractivity contribution in [2.75, 3.05) is 33.4 Å². The number of nitrogens with one attached hydrogen (secondary N) is 1. The van der Waals surface area contributed by atoms with Gasteiger partial charge in [-0.1, -0.05) is 37.3 Å². The van der Waals surface area contributed by atoms with Gasteiger partial charge in [-0.15, -0.1) is 0 Å². The lowest BCUT2D eigenvalue weighted by molar-refractivity contribution is -0.155. The molecule has 0 aliphatic carbocycles. The first-order valence-corrected chi connectivity index (χ1v) is 7.91. The normalized spacial score (nSPS) is 20.9. The quantitative estimate of drug-likeness (QED) is 0.818. The van der Waals surface area contributed by atoms with Crippen LogP contribution in [0.1, 0.15) is 24.9 Å². The van der Waals surface area contributed by atoms with E-state index in [1.165, 1.54) is 0 Å². The Morgan fingerprint density at radius 3 is 2.74 bits per heavy atom. The summed E-state index contributed by atoms with van der Waals surface area (Å²) in [5.74, 6) is -0.320. The van der Waals surface area contributed by atoms with Gasteiger partial charge in [-0.2, -0.15) is 0 Å². The van der Waals surface area contributed by atoms with Crippen molar-refractivity contribution in [1.29, 1.82) is 0 Å². The lowest BCUT2D eigenvalue weighted by atomic mass is 9.98. The number of hydrogen-bond donors (Lipinski definition) is 1. The molecule has 6 nitrogen and oxygen atoms in total. The molecule has 1 aliphatic rings. The van der Waals surface area contributed by atoms with Crippen molar-refractivity contribution >= 4 is 11.8 Å². The SMILES string of the molecule is CCCN(CCOC)C(=O)[C@H]1OCC(=O)N[C@@H]1c1ccccc1. The predicted octanol–water partition coefficient (Wildman–Crippen LogP) is 1.13. The predicted molar refractivity (Wildman–Crippen MR) is 85.8 cm³/mol. The van der Waals surface area contributed by atoms with Crippen molar-refractivity contribution in [2.24, 2.45) is 0 Å². The van der Waals surface area contributed by atoms with E-state index in [4.69, 9.17) is 9.47 Å². The number of carbonyl (C=O) groups is 2. The average Bonchev–Trinajstić information content (AvgIpc) is 2.58. The van der Waals surface area contributed by atoms with Crippen LogP contribution >= 0.6 is 0 Å². The number of carbonyl (C=O) groups excluding carboxylic acids is 2. The summed E-state index contributed by atoms with van der Waals surface area (Å²) >= 11 is 0. The first kappa shape index (κ1) is 17.4. The molecule has 1 aromatic carbocycles. The minimum Gasteiger partial charge on any atom is -0.383 e. The third-order valence-electron chi connectivity index (χ3n) is 3.79. The Morgan fingerprint density at radius 2 is 2.09 bits per heavy atom. The summed E-state index contributed by atoms with van der Waals surface area (Å²) in [5, 5.41) is 2.87. The van der Waals surface area contributed by atoms with Crippen molar-refractivity contribution in [3.05, 3.63) is 35.9 Å². The van der Waals surface area contributed by atoms with Gasteiger partial charge in [-0.3, -0.25) is 9.59 Å². The number of rotatable bonds is 7. The molecule has 1 heterocycles. The number of ether oxygens (including phenoxy) is 2. The van der Waals surface area contributed by atoms with Gasteiger partial charge in [0.25, 0.3) is 5.91 Å². The zero-order valence-corrected chi connectivity index (χ0v) is 13.7. The fourth-order valence-corrected chi connectivity index (χ4v) is 2.67. The van der Waals surface area contributed by atoms with Gasteiger partial charge in [0.15, 0.2) is 6.10 Å². The molecule has 6 heteroatoms. The highest BCUT2D eigenvalue weighted by Crippen LogP contribution is 2.24. The van der Waals surface area contributed by atoms with E-state index >= 15 is 0 Å². The maximum absolute atomic E-state index is 12.9. The van der Waals surface area contributed by atoms with Gasteiger partial charge < -0.3 is 19.7 Å². The van der Waals surface area contributed by atoms with Gasteiger partial charge in [-0.05, 0) is 12.0 Å². The molecular weight excluding hydrogens is 296 g/mol. The maximum Gasteiger partial charge on any atom is 0.254 e. The van der Waals surface area contributed by atoms with Crippen LogP contribution in [-0.4, -0.2) is 56.2 Å². The minimum atomic E-state index is -0.710. The Labute approximate surface area is 136 Å².